The van der Waals surface area contributed by atoms with Crippen LogP contribution in [-0.2, 0) is 0 Å². The van der Waals surface area contributed by atoms with E-state index in [2.05, 4.69) is 42.4 Å². The first-order valence-electron chi connectivity index (χ1n) is 6.27. The first kappa shape index (κ1) is 15.3. The Bertz CT molecular complexity index is 347. The molecule has 0 saturated heterocycles. The molecule has 0 bridgehead atoms. The van der Waals surface area contributed by atoms with Crippen molar-refractivity contribution in [1.29, 1.82) is 0 Å². The molecule has 0 atom stereocenters. The summed E-state index contributed by atoms with van der Waals surface area (Å²) in [5.41, 5.74) is 0. The van der Waals surface area contributed by atoms with Crippen LogP contribution in [-0.4, -0.2) is 0 Å². The summed E-state index contributed by atoms with van der Waals surface area (Å²) < 4.78 is 0. The number of allylic oxidation sites excluding steroid dienone is 5. The van der Waals surface area contributed by atoms with Crippen LogP contribution in [0.4, 0.5) is 0 Å². The number of unbranched alkanes of at least 4 members (excludes halogenated alkanes) is 4. The smallest absolute Gasteiger partial charge is 0.0279 e. The highest BCUT2D eigenvalue weighted by molar-refractivity contribution is 5.30. The Morgan fingerprint density at radius 2 is 1.82 bits per heavy atom. The molecule has 0 N–H and O–H groups in total. The lowest BCUT2D eigenvalue weighted by Gasteiger charge is -1.93. The molecular formula is C17H22. The summed E-state index contributed by atoms with van der Waals surface area (Å²) in [7, 11) is 0. The first-order valence-corrected chi connectivity index (χ1v) is 6.27. The minimum absolute atomic E-state index is 0.803. The van der Waals surface area contributed by atoms with Gasteiger partial charge in [0.1, 0.15) is 0 Å². The fraction of sp³-hybridized carbons (Fsp3) is 0.412. The minimum Gasteiger partial charge on any atom is -0.103 e. The molecule has 0 aliphatic carbocycles. The lowest BCUT2D eigenvalue weighted by molar-refractivity contribution is 0.696. The van der Waals surface area contributed by atoms with Gasteiger partial charge >= 0.3 is 0 Å². The molecule has 0 aromatic heterocycles. The molecule has 0 unspecified atom stereocenters. The Kier molecular flexibility index (Phi) is 12.9. The molecule has 17 heavy (non-hydrogen) atoms. The number of hydrogen-bond donors (Lipinski definition) is 0. The fourth-order valence-electron chi connectivity index (χ4n) is 1.24. The predicted molar refractivity (Wildman–Crippen MR) is 77.4 cm³/mol. The molecule has 0 aromatic rings. The molecule has 0 saturated carbocycles. The van der Waals surface area contributed by atoms with Crippen molar-refractivity contribution in [3.63, 3.8) is 0 Å². The van der Waals surface area contributed by atoms with Crippen molar-refractivity contribution in [2.45, 2.75) is 45.4 Å². The van der Waals surface area contributed by atoms with Crippen LogP contribution in [0.25, 0.3) is 0 Å². The zero-order valence-electron chi connectivity index (χ0n) is 10.8. The van der Waals surface area contributed by atoms with E-state index in [1.807, 2.05) is 19.1 Å². The highest BCUT2D eigenvalue weighted by Crippen LogP contribution is 2.03. The van der Waals surface area contributed by atoms with Gasteiger partial charge in [-0.2, -0.15) is 0 Å². The standard InChI is InChI=1S/C17H22/c1-3-5-7-9-11-13-15-17-16-14-12-10-8-6-4-2/h3-4,6,15,17H,1,5,7,9,11,13,16H2,2H3. The van der Waals surface area contributed by atoms with Gasteiger partial charge in [-0.1, -0.05) is 42.6 Å². The van der Waals surface area contributed by atoms with Crippen molar-refractivity contribution in [2.75, 3.05) is 0 Å². The molecule has 0 aromatic carbocycles. The van der Waals surface area contributed by atoms with Gasteiger partial charge < -0.3 is 0 Å². The van der Waals surface area contributed by atoms with Crippen LogP contribution < -0.4 is 0 Å². The van der Waals surface area contributed by atoms with Crippen LogP contribution in [0.3, 0.4) is 0 Å². The third-order valence-corrected chi connectivity index (χ3v) is 2.14. The zero-order valence-corrected chi connectivity index (χ0v) is 10.8. The second-order valence-electron chi connectivity index (χ2n) is 3.67. The van der Waals surface area contributed by atoms with Gasteiger partial charge in [0.15, 0.2) is 0 Å². The second-order valence-corrected chi connectivity index (χ2v) is 3.67. The van der Waals surface area contributed by atoms with Gasteiger partial charge in [-0.05, 0) is 50.5 Å². The lowest BCUT2D eigenvalue weighted by atomic mass is 10.1. The summed E-state index contributed by atoms with van der Waals surface area (Å²) in [6.07, 6.45) is 16.9. The van der Waals surface area contributed by atoms with Crippen LogP contribution in [0.2, 0.25) is 0 Å². The first-order chi connectivity index (χ1) is 8.41. The molecule has 0 aliphatic rings. The van der Waals surface area contributed by atoms with Crippen LogP contribution >= 0.6 is 0 Å². The topological polar surface area (TPSA) is 0 Å². The number of hydrogen-bond acceptors (Lipinski definition) is 0. The Morgan fingerprint density at radius 3 is 2.59 bits per heavy atom. The predicted octanol–water partition coefficient (Wildman–Crippen LogP) is 4.65. The fourth-order valence-corrected chi connectivity index (χ4v) is 1.24. The molecule has 90 valence electrons. The lowest BCUT2D eigenvalue weighted by Crippen LogP contribution is -1.74. The molecule has 0 amide bonds. The molecule has 0 radical (unpaired) electrons. The third kappa shape index (κ3) is 14.3. The Balaban J connectivity index is 3.42. The van der Waals surface area contributed by atoms with Gasteiger partial charge in [0, 0.05) is 6.42 Å². The third-order valence-electron chi connectivity index (χ3n) is 2.14. The van der Waals surface area contributed by atoms with Crippen molar-refractivity contribution in [1.82, 2.24) is 0 Å². The Morgan fingerprint density at radius 1 is 1.00 bits per heavy atom. The van der Waals surface area contributed by atoms with Crippen LogP contribution in [0.15, 0.2) is 37.0 Å². The van der Waals surface area contributed by atoms with Gasteiger partial charge in [-0.25, -0.2) is 0 Å². The SMILES string of the molecule is C=CCCCCCC=CCC#CC#CC=CC. The van der Waals surface area contributed by atoms with Crippen molar-refractivity contribution < 1.29 is 0 Å². The van der Waals surface area contributed by atoms with Crippen molar-refractivity contribution >= 4 is 0 Å². The van der Waals surface area contributed by atoms with Gasteiger partial charge in [-0.3, -0.25) is 0 Å². The molecule has 0 spiro atoms. The molecule has 0 nitrogen and oxygen atoms in total. The van der Waals surface area contributed by atoms with E-state index in [0.717, 1.165) is 19.3 Å². The van der Waals surface area contributed by atoms with Gasteiger partial charge in [0.2, 0.25) is 0 Å². The molecular weight excluding hydrogens is 204 g/mol. The largest absolute Gasteiger partial charge is 0.103 e. The van der Waals surface area contributed by atoms with Crippen molar-refractivity contribution in [2.24, 2.45) is 0 Å². The normalized spacial score (nSPS) is 9.71. The highest BCUT2D eigenvalue weighted by Gasteiger charge is 1.84. The molecule has 0 heterocycles. The van der Waals surface area contributed by atoms with E-state index in [9.17, 15) is 0 Å². The monoisotopic (exact) mass is 226 g/mol. The van der Waals surface area contributed by atoms with Crippen molar-refractivity contribution in [3.8, 4) is 23.7 Å². The maximum atomic E-state index is 3.71. The van der Waals surface area contributed by atoms with E-state index < -0.39 is 0 Å². The Hall–Kier alpha value is -1.66. The van der Waals surface area contributed by atoms with Gasteiger partial charge in [0.05, 0.1) is 0 Å². The number of rotatable bonds is 7. The average Bonchev–Trinajstić information content (AvgIpc) is 2.35. The maximum absolute atomic E-state index is 3.71. The van der Waals surface area contributed by atoms with E-state index in [-0.39, 0.29) is 0 Å². The summed E-state index contributed by atoms with van der Waals surface area (Å²) in [5, 5.41) is 0. The molecule has 0 fully saturated rings. The highest BCUT2D eigenvalue weighted by atomic mass is 13.9. The van der Waals surface area contributed by atoms with E-state index in [1.54, 1.807) is 6.08 Å². The minimum atomic E-state index is 0.803. The second kappa shape index (κ2) is 14.3. The van der Waals surface area contributed by atoms with Crippen LogP contribution in [0, 0.1) is 23.7 Å². The summed E-state index contributed by atoms with van der Waals surface area (Å²) in [4.78, 5) is 0. The Labute approximate surface area is 107 Å². The van der Waals surface area contributed by atoms with Crippen LogP contribution in [0.1, 0.15) is 45.4 Å². The summed E-state index contributed by atoms with van der Waals surface area (Å²) in [5.74, 6) is 11.4. The van der Waals surface area contributed by atoms with E-state index in [4.69, 9.17) is 0 Å². The van der Waals surface area contributed by atoms with Crippen molar-refractivity contribution in [3.05, 3.63) is 37.0 Å². The average molecular weight is 226 g/mol. The zero-order chi connectivity index (χ0) is 12.6. The molecule has 0 rings (SSSR count). The summed E-state index contributed by atoms with van der Waals surface area (Å²) in [6, 6.07) is 0. The van der Waals surface area contributed by atoms with E-state index >= 15 is 0 Å². The van der Waals surface area contributed by atoms with Gasteiger partial charge in [-0.15, -0.1) is 6.58 Å². The van der Waals surface area contributed by atoms with E-state index in [0.29, 0.717) is 0 Å². The summed E-state index contributed by atoms with van der Waals surface area (Å²) in [6.45, 7) is 5.65. The maximum Gasteiger partial charge on any atom is 0.0279 e. The van der Waals surface area contributed by atoms with E-state index in [1.165, 1.54) is 19.3 Å². The molecule has 0 aliphatic heterocycles. The van der Waals surface area contributed by atoms with Crippen LogP contribution in [0.5, 0.6) is 0 Å². The quantitative estimate of drug-likeness (QED) is 0.337. The van der Waals surface area contributed by atoms with Gasteiger partial charge in [0.25, 0.3) is 0 Å². The summed E-state index contributed by atoms with van der Waals surface area (Å²) >= 11 is 0. The molecule has 0 heteroatoms.